The van der Waals surface area contributed by atoms with Crippen LogP contribution in [0.5, 0.6) is 0 Å². The maximum absolute atomic E-state index is 12.0. The summed E-state index contributed by atoms with van der Waals surface area (Å²) in [4.78, 5) is 13.8. The summed E-state index contributed by atoms with van der Waals surface area (Å²) in [7, 11) is 1.85. The van der Waals surface area contributed by atoms with Crippen LogP contribution in [0.4, 0.5) is 0 Å². The molecule has 0 bridgehead atoms. The molecule has 16 heavy (non-hydrogen) atoms. The Balaban J connectivity index is 2.39. The topological polar surface area (TPSA) is 55.6 Å². The second kappa shape index (κ2) is 6.21. The lowest BCUT2D eigenvalue weighted by Crippen LogP contribution is -2.39. The van der Waals surface area contributed by atoms with Crippen molar-refractivity contribution in [2.24, 2.45) is 11.7 Å². The van der Waals surface area contributed by atoms with Crippen molar-refractivity contribution >= 4 is 5.91 Å². The summed E-state index contributed by atoms with van der Waals surface area (Å²) in [5, 5.41) is 0. The summed E-state index contributed by atoms with van der Waals surface area (Å²) in [6.45, 7) is 5.61. The van der Waals surface area contributed by atoms with Gasteiger partial charge in [0, 0.05) is 20.1 Å². The molecule has 0 spiro atoms. The number of ether oxygens (including phenoxy) is 1. The van der Waals surface area contributed by atoms with Gasteiger partial charge in [0.05, 0.1) is 6.10 Å². The van der Waals surface area contributed by atoms with Gasteiger partial charge in [0.1, 0.15) is 6.10 Å². The number of hydrogen-bond donors (Lipinski definition) is 1. The maximum atomic E-state index is 12.0. The molecule has 4 nitrogen and oxygen atoms in total. The molecule has 0 saturated carbocycles. The maximum Gasteiger partial charge on any atom is 0.251 e. The van der Waals surface area contributed by atoms with Gasteiger partial charge in [-0.2, -0.15) is 0 Å². The zero-order chi connectivity index (χ0) is 12.1. The van der Waals surface area contributed by atoms with Gasteiger partial charge in [0.15, 0.2) is 0 Å². The van der Waals surface area contributed by atoms with Gasteiger partial charge in [-0.1, -0.05) is 20.3 Å². The van der Waals surface area contributed by atoms with E-state index in [-0.39, 0.29) is 18.1 Å². The highest BCUT2D eigenvalue weighted by Gasteiger charge is 2.31. The highest BCUT2D eigenvalue weighted by atomic mass is 16.5. The van der Waals surface area contributed by atoms with E-state index in [0.29, 0.717) is 12.5 Å². The second-order valence-electron chi connectivity index (χ2n) is 4.79. The quantitative estimate of drug-likeness (QED) is 0.763. The fourth-order valence-corrected chi connectivity index (χ4v) is 1.99. The van der Waals surface area contributed by atoms with E-state index < -0.39 is 0 Å². The molecule has 1 amide bonds. The van der Waals surface area contributed by atoms with Crippen molar-refractivity contribution in [1.29, 1.82) is 0 Å². The molecule has 1 fully saturated rings. The lowest BCUT2D eigenvalue weighted by atomic mass is 10.1. The first-order valence-corrected chi connectivity index (χ1v) is 6.19. The fraction of sp³-hybridized carbons (Fsp3) is 0.917. The predicted octanol–water partition coefficient (Wildman–Crippen LogP) is 0.997. The molecule has 94 valence electrons. The molecule has 0 radical (unpaired) electrons. The minimum absolute atomic E-state index is 0.0750. The van der Waals surface area contributed by atoms with Gasteiger partial charge in [-0.15, -0.1) is 0 Å². The monoisotopic (exact) mass is 228 g/mol. The lowest BCUT2D eigenvalue weighted by Gasteiger charge is -2.23. The van der Waals surface area contributed by atoms with E-state index in [1.165, 1.54) is 0 Å². The zero-order valence-corrected chi connectivity index (χ0v) is 10.6. The van der Waals surface area contributed by atoms with Crippen LogP contribution in [0, 0.1) is 5.92 Å². The Morgan fingerprint density at radius 2 is 2.25 bits per heavy atom. The third kappa shape index (κ3) is 3.46. The highest BCUT2D eigenvalue weighted by Crippen LogP contribution is 2.20. The zero-order valence-electron chi connectivity index (χ0n) is 10.6. The second-order valence-corrected chi connectivity index (χ2v) is 4.79. The molecular weight excluding hydrogens is 204 g/mol. The molecule has 2 N–H and O–H groups in total. The molecule has 0 aromatic carbocycles. The molecule has 1 heterocycles. The molecule has 1 aliphatic rings. The first kappa shape index (κ1) is 13.5. The Bertz CT molecular complexity index is 233. The van der Waals surface area contributed by atoms with Crippen LogP contribution in [-0.4, -0.2) is 43.2 Å². The SMILES string of the molecule is CCC(C)CN(C)C(=O)[C@@H]1CC[C@H](CN)O1. The van der Waals surface area contributed by atoms with Crippen LogP contribution in [-0.2, 0) is 9.53 Å². The third-order valence-corrected chi connectivity index (χ3v) is 3.30. The van der Waals surface area contributed by atoms with Crippen LogP contribution < -0.4 is 5.73 Å². The van der Waals surface area contributed by atoms with E-state index in [1.54, 1.807) is 4.90 Å². The van der Waals surface area contributed by atoms with Crippen molar-refractivity contribution in [2.75, 3.05) is 20.1 Å². The summed E-state index contributed by atoms with van der Waals surface area (Å²) in [6.07, 6.45) is 2.62. The van der Waals surface area contributed by atoms with Gasteiger partial charge >= 0.3 is 0 Å². The summed E-state index contributed by atoms with van der Waals surface area (Å²) < 4.78 is 5.59. The van der Waals surface area contributed by atoms with Gasteiger partial charge in [0.25, 0.3) is 5.91 Å². The van der Waals surface area contributed by atoms with Crippen LogP contribution in [0.3, 0.4) is 0 Å². The van der Waals surface area contributed by atoms with Crippen molar-refractivity contribution in [3.8, 4) is 0 Å². The van der Waals surface area contributed by atoms with Gasteiger partial charge in [-0.25, -0.2) is 0 Å². The molecule has 0 aromatic heterocycles. The number of nitrogens with two attached hydrogens (primary N) is 1. The van der Waals surface area contributed by atoms with Crippen LogP contribution in [0.25, 0.3) is 0 Å². The van der Waals surface area contributed by atoms with E-state index in [0.717, 1.165) is 25.8 Å². The normalized spacial score (nSPS) is 26.8. The van der Waals surface area contributed by atoms with Gasteiger partial charge in [0.2, 0.25) is 0 Å². The summed E-state index contributed by atoms with van der Waals surface area (Å²) in [5.74, 6) is 0.650. The smallest absolute Gasteiger partial charge is 0.251 e. The number of carbonyl (C=O) groups excluding carboxylic acids is 1. The Hall–Kier alpha value is -0.610. The molecule has 1 rings (SSSR count). The molecule has 0 aliphatic carbocycles. The van der Waals surface area contributed by atoms with Crippen LogP contribution in [0.1, 0.15) is 33.1 Å². The molecular formula is C12H24N2O2. The molecule has 1 saturated heterocycles. The van der Waals surface area contributed by atoms with Crippen molar-refractivity contribution in [1.82, 2.24) is 4.90 Å². The lowest BCUT2D eigenvalue weighted by molar-refractivity contribution is -0.141. The number of likely N-dealkylation sites (N-methyl/N-ethyl adjacent to an activating group) is 1. The van der Waals surface area contributed by atoms with E-state index in [1.807, 2.05) is 7.05 Å². The van der Waals surface area contributed by atoms with Crippen LogP contribution in [0.2, 0.25) is 0 Å². The average molecular weight is 228 g/mol. The fourth-order valence-electron chi connectivity index (χ4n) is 1.99. The van der Waals surface area contributed by atoms with E-state index >= 15 is 0 Å². The van der Waals surface area contributed by atoms with Crippen molar-refractivity contribution in [3.05, 3.63) is 0 Å². The van der Waals surface area contributed by atoms with Crippen molar-refractivity contribution < 1.29 is 9.53 Å². The van der Waals surface area contributed by atoms with Crippen LogP contribution >= 0.6 is 0 Å². The van der Waals surface area contributed by atoms with Gasteiger partial charge in [-0.05, 0) is 18.8 Å². The third-order valence-electron chi connectivity index (χ3n) is 3.30. The van der Waals surface area contributed by atoms with E-state index in [4.69, 9.17) is 10.5 Å². The Morgan fingerprint density at radius 3 is 2.75 bits per heavy atom. The number of rotatable bonds is 5. The van der Waals surface area contributed by atoms with Crippen molar-refractivity contribution in [2.45, 2.75) is 45.3 Å². The molecule has 1 unspecified atom stereocenters. The largest absolute Gasteiger partial charge is 0.364 e. The average Bonchev–Trinajstić information content (AvgIpc) is 2.76. The molecule has 0 aromatic rings. The Morgan fingerprint density at radius 1 is 1.56 bits per heavy atom. The minimum Gasteiger partial charge on any atom is -0.364 e. The predicted molar refractivity (Wildman–Crippen MR) is 64.0 cm³/mol. The van der Waals surface area contributed by atoms with E-state index in [2.05, 4.69) is 13.8 Å². The summed E-state index contributed by atoms with van der Waals surface area (Å²) >= 11 is 0. The number of amides is 1. The highest BCUT2D eigenvalue weighted by molar-refractivity contribution is 5.80. The van der Waals surface area contributed by atoms with Gasteiger partial charge in [-0.3, -0.25) is 4.79 Å². The number of carbonyl (C=O) groups is 1. The minimum atomic E-state index is -0.261. The molecule has 1 aliphatic heterocycles. The first-order valence-electron chi connectivity index (χ1n) is 6.19. The summed E-state index contributed by atoms with van der Waals surface area (Å²) in [5.41, 5.74) is 5.52. The number of nitrogens with zero attached hydrogens (tertiary/aromatic N) is 1. The van der Waals surface area contributed by atoms with Crippen molar-refractivity contribution in [3.63, 3.8) is 0 Å². The molecule has 3 atom stereocenters. The Kier molecular flexibility index (Phi) is 5.22. The summed E-state index contributed by atoms with van der Waals surface area (Å²) in [6, 6.07) is 0. The van der Waals surface area contributed by atoms with Gasteiger partial charge < -0.3 is 15.4 Å². The Labute approximate surface area is 98.1 Å². The number of hydrogen-bond acceptors (Lipinski definition) is 3. The van der Waals surface area contributed by atoms with Crippen LogP contribution in [0.15, 0.2) is 0 Å². The van der Waals surface area contributed by atoms with E-state index in [9.17, 15) is 4.79 Å². The molecule has 4 heteroatoms. The standard InChI is InChI=1S/C12H24N2O2/c1-4-9(2)8-14(3)12(15)11-6-5-10(7-13)16-11/h9-11H,4-8,13H2,1-3H3/t9?,10-,11+/m1/s1. The first-order chi connectivity index (χ1) is 7.58.